The normalized spacial score (nSPS) is 22.7. The zero-order valence-electron chi connectivity index (χ0n) is 6.61. The fraction of sp³-hybridized carbons (Fsp3) is 1.00. The smallest absolute Gasteiger partial charge is 0.264 e. The standard InChI is InChI=1S/C6H12O4S/c1-5(6-3-9-4-6)10-11(2,7)8/h5-6H,3-4H2,1-2H3. The topological polar surface area (TPSA) is 52.6 Å². The Morgan fingerprint density at radius 1 is 1.55 bits per heavy atom. The number of ether oxygens (including phenoxy) is 1. The minimum atomic E-state index is -3.30. The molecule has 11 heavy (non-hydrogen) atoms. The molecule has 66 valence electrons. The zero-order chi connectivity index (χ0) is 8.48. The molecule has 1 heterocycles. The summed E-state index contributed by atoms with van der Waals surface area (Å²) in [5.41, 5.74) is 0. The Morgan fingerprint density at radius 2 is 2.09 bits per heavy atom. The van der Waals surface area contributed by atoms with Gasteiger partial charge in [-0.05, 0) is 6.92 Å². The van der Waals surface area contributed by atoms with Crippen LogP contribution in [0.2, 0.25) is 0 Å². The fourth-order valence-corrected chi connectivity index (χ4v) is 1.59. The lowest BCUT2D eigenvalue weighted by Gasteiger charge is -2.30. The third-order valence-corrected chi connectivity index (χ3v) is 2.31. The van der Waals surface area contributed by atoms with Gasteiger partial charge in [0.1, 0.15) is 0 Å². The van der Waals surface area contributed by atoms with Gasteiger partial charge in [-0.25, -0.2) is 0 Å². The Kier molecular flexibility index (Phi) is 2.51. The molecule has 1 rings (SSSR count). The Bertz CT molecular complexity index is 217. The number of hydrogen-bond acceptors (Lipinski definition) is 4. The van der Waals surface area contributed by atoms with E-state index in [-0.39, 0.29) is 12.0 Å². The molecule has 1 aliphatic rings. The summed E-state index contributed by atoms with van der Waals surface area (Å²) in [6, 6.07) is 0. The lowest BCUT2D eigenvalue weighted by molar-refractivity contribution is -0.0760. The highest BCUT2D eigenvalue weighted by Gasteiger charge is 2.27. The van der Waals surface area contributed by atoms with Crippen molar-refractivity contribution in [3.8, 4) is 0 Å². The number of hydrogen-bond donors (Lipinski definition) is 0. The molecule has 0 amide bonds. The summed E-state index contributed by atoms with van der Waals surface area (Å²) in [6.45, 7) is 2.96. The Labute approximate surface area is 66.6 Å². The van der Waals surface area contributed by atoms with Gasteiger partial charge in [-0.15, -0.1) is 0 Å². The number of rotatable bonds is 3. The molecule has 1 saturated heterocycles. The van der Waals surface area contributed by atoms with Crippen molar-refractivity contribution in [1.29, 1.82) is 0 Å². The third-order valence-electron chi connectivity index (χ3n) is 1.65. The molecule has 1 unspecified atom stereocenters. The van der Waals surface area contributed by atoms with Crippen LogP contribution >= 0.6 is 0 Å². The first-order valence-electron chi connectivity index (χ1n) is 3.45. The second-order valence-corrected chi connectivity index (χ2v) is 4.40. The van der Waals surface area contributed by atoms with Gasteiger partial charge in [-0.3, -0.25) is 4.18 Å². The summed E-state index contributed by atoms with van der Waals surface area (Å²) in [5.74, 6) is 0.240. The lowest BCUT2D eigenvalue weighted by Crippen LogP contribution is -2.38. The van der Waals surface area contributed by atoms with Crippen molar-refractivity contribution < 1.29 is 17.3 Å². The van der Waals surface area contributed by atoms with Crippen molar-refractivity contribution in [3.63, 3.8) is 0 Å². The minimum absolute atomic E-state index is 0.240. The maximum absolute atomic E-state index is 10.6. The van der Waals surface area contributed by atoms with Crippen LogP contribution in [0.4, 0.5) is 0 Å². The van der Waals surface area contributed by atoms with Crippen LogP contribution in [0.25, 0.3) is 0 Å². The zero-order valence-corrected chi connectivity index (χ0v) is 7.43. The van der Waals surface area contributed by atoms with Crippen molar-refractivity contribution >= 4 is 10.1 Å². The van der Waals surface area contributed by atoms with Crippen LogP contribution in [0.1, 0.15) is 6.92 Å². The average molecular weight is 180 g/mol. The predicted molar refractivity (Wildman–Crippen MR) is 39.7 cm³/mol. The van der Waals surface area contributed by atoms with E-state index in [9.17, 15) is 8.42 Å². The second kappa shape index (κ2) is 3.08. The van der Waals surface area contributed by atoms with Gasteiger partial charge in [-0.2, -0.15) is 8.42 Å². The summed E-state index contributed by atoms with van der Waals surface area (Å²) >= 11 is 0. The molecule has 0 aliphatic carbocycles. The molecule has 0 radical (unpaired) electrons. The average Bonchev–Trinajstić information content (AvgIpc) is 1.50. The van der Waals surface area contributed by atoms with Crippen molar-refractivity contribution in [2.24, 2.45) is 5.92 Å². The summed E-state index contributed by atoms with van der Waals surface area (Å²) in [5, 5.41) is 0. The largest absolute Gasteiger partial charge is 0.380 e. The van der Waals surface area contributed by atoms with Crippen LogP contribution < -0.4 is 0 Å². The molecular formula is C6H12O4S. The first-order valence-corrected chi connectivity index (χ1v) is 5.26. The van der Waals surface area contributed by atoms with Crippen LogP contribution in [0.3, 0.4) is 0 Å². The van der Waals surface area contributed by atoms with Gasteiger partial charge in [0.15, 0.2) is 0 Å². The van der Waals surface area contributed by atoms with E-state index in [1.165, 1.54) is 0 Å². The summed E-state index contributed by atoms with van der Waals surface area (Å²) < 4.78 is 30.9. The van der Waals surface area contributed by atoms with E-state index in [1.807, 2.05) is 0 Å². The van der Waals surface area contributed by atoms with E-state index in [4.69, 9.17) is 8.92 Å². The van der Waals surface area contributed by atoms with Crippen molar-refractivity contribution in [2.75, 3.05) is 19.5 Å². The molecule has 1 aliphatic heterocycles. The van der Waals surface area contributed by atoms with Crippen LogP contribution in [0, 0.1) is 5.92 Å². The SMILES string of the molecule is CC(OS(C)(=O)=O)C1COC1. The molecule has 4 nitrogen and oxygen atoms in total. The van der Waals surface area contributed by atoms with E-state index in [0.29, 0.717) is 13.2 Å². The molecule has 0 N–H and O–H groups in total. The molecule has 0 saturated carbocycles. The Balaban J connectivity index is 2.36. The van der Waals surface area contributed by atoms with E-state index in [2.05, 4.69) is 0 Å². The molecule has 0 aromatic heterocycles. The quantitative estimate of drug-likeness (QED) is 0.573. The van der Waals surface area contributed by atoms with Gasteiger partial charge >= 0.3 is 0 Å². The van der Waals surface area contributed by atoms with Gasteiger partial charge in [0, 0.05) is 5.92 Å². The monoisotopic (exact) mass is 180 g/mol. The van der Waals surface area contributed by atoms with Crippen LogP contribution in [-0.4, -0.2) is 34.0 Å². The molecule has 0 aromatic carbocycles. The Morgan fingerprint density at radius 3 is 2.36 bits per heavy atom. The molecule has 1 atom stereocenters. The molecule has 0 aromatic rings. The molecule has 0 spiro atoms. The Hall–Kier alpha value is -0.130. The molecular weight excluding hydrogens is 168 g/mol. The molecule has 0 bridgehead atoms. The second-order valence-electron chi connectivity index (χ2n) is 2.80. The van der Waals surface area contributed by atoms with Crippen molar-refractivity contribution in [3.05, 3.63) is 0 Å². The summed E-state index contributed by atoms with van der Waals surface area (Å²) in [7, 11) is -3.30. The highest BCUT2D eigenvalue weighted by molar-refractivity contribution is 7.86. The minimum Gasteiger partial charge on any atom is -0.380 e. The van der Waals surface area contributed by atoms with Crippen LogP contribution in [0.15, 0.2) is 0 Å². The highest BCUT2D eigenvalue weighted by atomic mass is 32.2. The first-order chi connectivity index (χ1) is 4.99. The van der Waals surface area contributed by atoms with E-state index in [1.54, 1.807) is 6.92 Å². The lowest BCUT2D eigenvalue weighted by atomic mass is 10.0. The van der Waals surface area contributed by atoms with Crippen LogP contribution in [0.5, 0.6) is 0 Å². The van der Waals surface area contributed by atoms with Crippen molar-refractivity contribution in [2.45, 2.75) is 13.0 Å². The fourth-order valence-electron chi connectivity index (χ4n) is 0.879. The maximum atomic E-state index is 10.6. The molecule has 5 heteroatoms. The van der Waals surface area contributed by atoms with Gasteiger partial charge in [0.05, 0.1) is 25.6 Å². The van der Waals surface area contributed by atoms with Gasteiger partial charge in [-0.1, -0.05) is 0 Å². The first kappa shape index (κ1) is 8.96. The molecule has 1 fully saturated rings. The third kappa shape index (κ3) is 2.76. The summed E-state index contributed by atoms with van der Waals surface area (Å²) in [6.07, 6.45) is 0.807. The van der Waals surface area contributed by atoms with Gasteiger partial charge in [0.25, 0.3) is 10.1 Å². The maximum Gasteiger partial charge on any atom is 0.264 e. The van der Waals surface area contributed by atoms with E-state index < -0.39 is 10.1 Å². The van der Waals surface area contributed by atoms with Crippen LogP contribution in [-0.2, 0) is 19.0 Å². The predicted octanol–water partition coefficient (Wildman–Crippen LogP) is -0.00250. The van der Waals surface area contributed by atoms with E-state index in [0.717, 1.165) is 6.26 Å². The van der Waals surface area contributed by atoms with Crippen molar-refractivity contribution in [1.82, 2.24) is 0 Å². The summed E-state index contributed by atoms with van der Waals surface area (Å²) in [4.78, 5) is 0. The highest BCUT2D eigenvalue weighted by Crippen LogP contribution is 2.18. The van der Waals surface area contributed by atoms with Gasteiger partial charge < -0.3 is 4.74 Å². The van der Waals surface area contributed by atoms with Gasteiger partial charge in [0.2, 0.25) is 0 Å². The van der Waals surface area contributed by atoms with E-state index >= 15 is 0 Å².